The molecule has 2 heterocycles. The van der Waals surface area contributed by atoms with Crippen LogP contribution in [0.25, 0.3) is 5.82 Å². The summed E-state index contributed by atoms with van der Waals surface area (Å²) in [6.07, 6.45) is 5.13. The normalized spacial score (nSPS) is 11.3. The van der Waals surface area contributed by atoms with Crippen molar-refractivity contribution in [2.24, 2.45) is 5.41 Å². The Balaban J connectivity index is 2.12. The number of hydrogen-bond acceptors (Lipinski definition) is 3. The lowest BCUT2D eigenvalue weighted by atomic mass is 9.96. The van der Waals surface area contributed by atoms with Gasteiger partial charge in [-0.25, -0.2) is 9.67 Å². The first kappa shape index (κ1) is 12.3. The van der Waals surface area contributed by atoms with Crippen LogP contribution in [0.1, 0.15) is 20.8 Å². The molecule has 2 aromatic heterocycles. The summed E-state index contributed by atoms with van der Waals surface area (Å²) in [6, 6.07) is 5.45. The highest BCUT2D eigenvalue weighted by Crippen LogP contribution is 2.17. The number of hydrogen-bond donors (Lipinski definition) is 1. The number of aromatic nitrogens is 3. The summed E-state index contributed by atoms with van der Waals surface area (Å²) in [5.41, 5.74) is 0.270. The average Bonchev–Trinajstić information content (AvgIpc) is 2.82. The molecule has 0 aromatic carbocycles. The Morgan fingerprint density at radius 3 is 2.61 bits per heavy atom. The Labute approximate surface area is 106 Å². The number of carbonyl (C=O) groups excluding carboxylic acids is 1. The maximum atomic E-state index is 11.8. The Kier molecular flexibility index (Phi) is 3.14. The minimum atomic E-state index is -0.416. The Hall–Kier alpha value is -2.17. The van der Waals surface area contributed by atoms with Gasteiger partial charge in [-0.15, -0.1) is 0 Å². The van der Waals surface area contributed by atoms with Crippen molar-refractivity contribution < 1.29 is 4.79 Å². The zero-order chi connectivity index (χ0) is 13.2. The lowest BCUT2D eigenvalue weighted by Crippen LogP contribution is -2.27. The number of pyridine rings is 1. The van der Waals surface area contributed by atoms with Crippen LogP contribution in [0.3, 0.4) is 0 Å². The van der Waals surface area contributed by atoms with E-state index in [0.717, 1.165) is 0 Å². The van der Waals surface area contributed by atoms with Gasteiger partial charge in [0.2, 0.25) is 5.91 Å². The summed E-state index contributed by atoms with van der Waals surface area (Å²) in [6.45, 7) is 5.61. The molecule has 0 atom stereocenters. The highest BCUT2D eigenvalue weighted by Gasteiger charge is 2.21. The molecular formula is C13H16N4O. The summed E-state index contributed by atoms with van der Waals surface area (Å²) in [4.78, 5) is 16.0. The van der Waals surface area contributed by atoms with Crippen LogP contribution in [0.4, 0.5) is 5.69 Å². The van der Waals surface area contributed by atoms with Gasteiger partial charge in [0.15, 0.2) is 5.82 Å². The second-order valence-corrected chi connectivity index (χ2v) is 5.06. The Morgan fingerprint density at radius 2 is 2.11 bits per heavy atom. The molecule has 0 saturated heterocycles. The third-order valence-electron chi connectivity index (χ3n) is 2.43. The second kappa shape index (κ2) is 4.60. The fourth-order valence-electron chi connectivity index (χ4n) is 1.32. The monoisotopic (exact) mass is 244 g/mol. The van der Waals surface area contributed by atoms with Crippen LogP contribution >= 0.6 is 0 Å². The molecule has 5 nitrogen and oxygen atoms in total. The molecule has 0 aliphatic heterocycles. The van der Waals surface area contributed by atoms with Gasteiger partial charge in [-0.3, -0.25) is 4.79 Å². The Bertz CT molecular complexity index is 523. The highest BCUT2D eigenvalue weighted by atomic mass is 16.2. The SMILES string of the molecule is CC(C)(C)C(=O)Nc1ccc(-n2cccn2)nc1. The molecule has 94 valence electrons. The van der Waals surface area contributed by atoms with E-state index < -0.39 is 5.41 Å². The van der Waals surface area contributed by atoms with Crippen LogP contribution in [0.5, 0.6) is 0 Å². The van der Waals surface area contributed by atoms with Crippen LogP contribution in [0, 0.1) is 5.41 Å². The molecule has 18 heavy (non-hydrogen) atoms. The third kappa shape index (κ3) is 2.74. The summed E-state index contributed by atoms with van der Waals surface area (Å²) < 4.78 is 1.66. The number of anilines is 1. The Morgan fingerprint density at radius 1 is 1.33 bits per heavy atom. The van der Waals surface area contributed by atoms with E-state index in [9.17, 15) is 4.79 Å². The van der Waals surface area contributed by atoms with Crippen molar-refractivity contribution in [1.29, 1.82) is 0 Å². The molecule has 0 spiro atoms. The van der Waals surface area contributed by atoms with Gasteiger partial charge in [-0.2, -0.15) is 5.10 Å². The van der Waals surface area contributed by atoms with Crippen molar-refractivity contribution in [3.05, 3.63) is 36.8 Å². The lowest BCUT2D eigenvalue weighted by molar-refractivity contribution is -0.123. The van der Waals surface area contributed by atoms with Gasteiger partial charge >= 0.3 is 0 Å². The van der Waals surface area contributed by atoms with Crippen LogP contribution in [-0.4, -0.2) is 20.7 Å². The zero-order valence-corrected chi connectivity index (χ0v) is 10.7. The van der Waals surface area contributed by atoms with Crippen LogP contribution in [-0.2, 0) is 4.79 Å². The first-order valence-electron chi connectivity index (χ1n) is 5.74. The van der Waals surface area contributed by atoms with Crippen molar-refractivity contribution in [2.75, 3.05) is 5.32 Å². The smallest absolute Gasteiger partial charge is 0.229 e. The van der Waals surface area contributed by atoms with Crippen LogP contribution in [0.15, 0.2) is 36.8 Å². The minimum absolute atomic E-state index is 0.0314. The summed E-state index contributed by atoms with van der Waals surface area (Å²) in [7, 11) is 0. The van der Waals surface area contributed by atoms with Crippen LogP contribution in [0.2, 0.25) is 0 Å². The number of amides is 1. The number of carbonyl (C=O) groups is 1. The molecule has 2 aromatic rings. The fraction of sp³-hybridized carbons (Fsp3) is 0.308. The fourth-order valence-corrected chi connectivity index (χ4v) is 1.32. The van der Waals surface area contributed by atoms with E-state index in [4.69, 9.17) is 0 Å². The summed E-state index contributed by atoms with van der Waals surface area (Å²) in [5.74, 6) is 0.685. The van der Waals surface area contributed by atoms with Crippen molar-refractivity contribution >= 4 is 11.6 Å². The summed E-state index contributed by atoms with van der Waals surface area (Å²) in [5, 5.41) is 6.91. The third-order valence-corrected chi connectivity index (χ3v) is 2.43. The van der Waals surface area contributed by atoms with Crippen molar-refractivity contribution in [3.63, 3.8) is 0 Å². The molecular weight excluding hydrogens is 228 g/mol. The minimum Gasteiger partial charge on any atom is -0.324 e. The van der Waals surface area contributed by atoms with E-state index in [0.29, 0.717) is 11.5 Å². The van der Waals surface area contributed by atoms with Gasteiger partial charge in [0.1, 0.15) is 0 Å². The van der Waals surface area contributed by atoms with Crippen molar-refractivity contribution in [1.82, 2.24) is 14.8 Å². The highest BCUT2D eigenvalue weighted by molar-refractivity contribution is 5.94. The van der Waals surface area contributed by atoms with Crippen LogP contribution < -0.4 is 5.32 Å². The van der Waals surface area contributed by atoms with Gasteiger partial charge in [0.05, 0.1) is 11.9 Å². The first-order valence-corrected chi connectivity index (χ1v) is 5.74. The number of nitrogens with one attached hydrogen (secondary N) is 1. The molecule has 0 unspecified atom stereocenters. The van der Waals surface area contributed by atoms with Crippen molar-refractivity contribution in [2.45, 2.75) is 20.8 Å². The molecule has 5 heteroatoms. The molecule has 0 bridgehead atoms. The lowest BCUT2D eigenvalue weighted by Gasteiger charge is -2.17. The predicted molar refractivity (Wildman–Crippen MR) is 69.4 cm³/mol. The van der Waals surface area contributed by atoms with E-state index in [2.05, 4.69) is 15.4 Å². The van der Waals surface area contributed by atoms with E-state index in [1.165, 1.54) is 0 Å². The van der Waals surface area contributed by atoms with E-state index in [-0.39, 0.29) is 5.91 Å². The quantitative estimate of drug-likeness (QED) is 0.881. The predicted octanol–water partition coefficient (Wildman–Crippen LogP) is 2.25. The largest absolute Gasteiger partial charge is 0.324 e. The van der Waals surface area contributed by atoms with Gasteiger partial charge in [0, 0.05) is 17.8 Å². The maximum Gasteiger partial charge on any atom is 0.229 e. The molecule has 0 fully saturated rings. The van der Waals surface area contributed by atoms with Crippen molar-refractivity contribution in [3.8, 4) is 5.82 Å². The topological polar surface area (TPSA) is 59.8 Å². The molecule has 0 radical (unpaired) electrons. The molecule has 2 rings (SSSR count). The van der Waals surface area contributed by atoms with E-state index >= 15 is 0 Å². The molecule has 0 aliphatic carbocycles. The zero-order valence-electron chi connectivity index (χ0n) is 10.7. The second-order valence-electron chi connectivity index (χ2n) is 5.06. The molecule has 0 aliphatic rings. The summed E-state index contributed by atoms with van der Waals surface area (Å²) >= 11 is 0. The maximum absolute atomic E-state index is 11.8. The van der Waals surface area contributed by atoms with E-state index in [1.54, 1.807) is 17.1 Å². The van der Waals surface area contributed by atoms with Gasteiger partial charge in [-0.1, -0.05) is 20.8 Å². The number of rotatable bonds is 2. The van der Waals surface area contributed by atoms with Gasteiger partial charge in [-0.05, 0) is 18.2 Å². The first-order chi connectivity index (χ1) is 8.47. The molecule has 1 amide bonds. The van der Waals surface area contributed by atoms with Gasteiger partial charge in [0.25, 0.3) is 0 Å². The average molecular weight is 244 g/mol. The standard InChI is InChI=1S/C13H16N4O/c1-13(2,3)12(18)16-10-5-6-11(14-9-10)17-8-4-7-15-17/h4-9H,1-3H3,(H,16,18). The van der Waals surface area contributed by atoms with E-state index in [1.807, 2.05) is 45.2 Å². The number of nitrogens with zero attached hydrogens (tertiary/aromatic N) is 3. The molecule has 1 N–H and O–H groups in total. The van der Waals surface area contributed by atoms with Gasteiger partial charge < -0.3 is 5.32 Å². The molecule has 0 saturated carbocycles.